The molecule has 0 saturated carbocycles. The second kappa shape index (κ2) is 6.12. The first-order valence-corrected chi connectivity index (χ1v) is 6.51. The van der Waals surface area contributed by atoms with E-state index in [0.717, 1.165) is 5.56 Å². The van der Waals surface area contributed by atoms with Crippen LogP contribution in [0.15, 0.2) is 41.0 Å². The molecule has 0 aliphatic carbocycles. The van der Waals surface area contributed by atoms with Crippen molar-refractivity contribution in [2.45, 2.75) is 12.5 Å². The van der Waals surface area contributed by atoms with Crippen LogP contribution < -0.4 is 4.74 Å². The van der Waals surface area contributed by atoms with Gasteiger partial charge in [-0.25, -0.2) is 9.37 Å². The molecule has 0 aliphatic heterocycles. The van der Waals surface area contributed by atoms with Crippen molar-refractivity contribution in [2.24, 2.45) is 0 Å². The average Bonchev–Trinajstić information content (AvgIpc) is 2.43. The third kappa shape index (κ3) is 3.52. The number of ether oxygens (including phenoxy) is 1. The van der Waals surface area contributed by atoms with E-state index in [4.69, 9.17) is 4.74 Å². The predicted octanol–water partition coefficient (Wildman–Crippen LogP) is 3.27. The molecular formula is C14H13BrFNO2. The number of nitrogens with zero attached hydrogens (tertiary/aromatic N) is 1. The van der Waals surface area contributed by atoms with Crippen molar-refractivity contribution in [3.05, 3.63) is 57.9 Å². The van der Waals surface area contributed by atoms with Crippen LogP contribution in [0, 0.1) is 5.82 Å². The monoisotopic (exact) mass is 325 g/mol. The van der Waals surface area contributed by atoms with Gasteiger partial charge in [-0.15, -0.1) is 0 Å². The summed E-state index contributed by atoms with van der Waals surface area (Å²) < 4.78 is 18.5. The number of aromatic nitrogens is 1. The second-order valence-corrected chi connectivity index (χ2v) is 4.96. The van der Waals surface area contributed by atoms with Crippen molar-refractivity contribution in [1.82, 2.24) is 4.98 Å². The summed E-state index contributed by atoms with van der Waals surface area (Å²) in [6, 6.07) is 8.14. The first-order chi connectivity index (χ1) is 9.10. The molecule has 0 amide bonds. The standard InChI is InChI=1S/C14H13BrFNO2/c1-19-14-5-3-10(8-17-14)13(18)7-9-2-4-12(16)11(15)6-9/h2-6,8,13,18H,7H2,1H3. The molecule has 0 fully saturated rings. The molecule has 0 radical (unpaired) electrons. The number of methoxy groups -OCH3 is 1. The van der Waals surface area contributed by atoms with E-state index in [0.29, 0.717) is 22.3 Å². The second-order valence-electron chi connectivity index (χ2n) is 4.10. The summed E-state index contributed by atoms with van der Waals surface area (Å²) in [5.74, 6) is 0.185. The van der Waals surface area contributed by atoms with Crippen LogP contribution in [0.5, 0.6) is 5.88 Å². The highest BCUT2D eigenvalue weighted by atomic mass is 79.9. The normalized spacial score (nSPS) is 12.2. The molecule has 5 heteroatoms. The maximum absolute atomic E-state index is 13.1. The Morgan fingerprint density at radius 1 is 1.37 bits per heavy atom. The average molecular weight is 326 g/mol. The topological polar surface area (TPSA) is 42.4 Å². The van der Waals surface area contributed by atoms with Crippen molar-refractivity contribution in [1.29, 1.82) is 0 Å². The van der Waals surface area contributed by atoms with Crippen LogP contribution in [-0.2, 0) is 6.42 Å². The molecule has 2 rings (SSSR count). The molecule has 1 aromatic carbocycles. The molecule has 0 spiro atoms. The van der Waals surface area contributed by atoms with Crippen molar-refractivity contribution < 1.29 is 14.2 Å². The van der Waals surface area contributed by atoms with E-state index in [1.54, 1.807) is 30.5 Å². The number of rotatable bonds is 4. The van der Waals surface area contributed by atoms with Crippen LogP contribution >= 0.6 is 15.9 Å². The van der Waals surface area contributed by atoms with Crippen LogP contribution in [-0.4, -0.2) is 17.2 Å². The maximum atomic E-state index is 13.1. The maximum Gasteiger partial charge on any atom is 0.212 e. The van der Waals surface area contributed by atoms with Gasteiger partial charge in [-0.1, -0.05) is 6.07 Å². The lowest BCUT2D eigenvalue weighted by Crippen LogP contribution is -2.03. The van der Waals surface area contributed by atoms with E-state index in [2.05, 4.69) is 20.9 Å². The van der Waals surface area contributed by atoms with E-state index in [1.807, 2.05) is 0 Å². The smallest absolute Gasteiger partial charge is 0.212 e. The quantitative estimate of drug-likeness (QED) is 0.938. The number of benzene rings is 1. The molecule has 0 aliphatic rings. The summed E-state index contributed by atoms with van der Waals surface area (Å²) in [5, 5.41) is 10.1. The fraction of sp³-hybridized carbons (Fsp3) is 0.214. The molecule has 2 aromatic rings. The third-order valence-electron chi connectivity index (χ3n) is 2.77. The highest BCUT2D eigenvalue weighted by Crippen LogP contribution is 2.22. The largest absolute Gasteiger partial charge is 0.481 e. The number of aliphatic hydroxyl groups is 1. The number of hydrogen-bond donors (Lipinski definition) is 1. The van der Waals surface area contributed by atoms with E-state index in [9.17, 15) is 9.50 Å². The zero-order chi connectivity index (χ0) is 13.8. The number of pyridine rings is 1. The van der Waals surface area contributed by atoms with Gasteiger partial charge in [0.25, 0.3) is 0 Å². The van der Waals surface area contributed by atoms with Crippen molar-refractivity contribution in [3.8, 4) is 5.88 Å². The molecule has 1 atom stereocenters. The Kier molecular flexibility index (Phi) is 4.50. The van der Waals surface area contributed by atoms with Crippen LogP contribution in [0.1, 0.15) is 17.2 Å². The highest BCUT2D eigenvalue weighted by molar-refractivity contribution is 9.10. The van der Waals surface area contributed by atoms with Gasteiger partial charge in [-0.2, -0.15) is 0 Å². The Hall–Kier alpha value is -1.46. The molecule has 100 valence electrons. The van der Waals surface area contributed by atoms with Crippen molar-refractivity contribution in [3.63, 3.8) is 0 Å². The minimum atomic E-state index is -0.684. The summed E-state index contributed by atoms with van der Waals surface area (Å²) in [6.45, 7) is 0. The summed E-state index contributed by atoms with van der Waals surface area (Å²) in [7, 11) is 1.54. The summed E-state index contributed by atoms with van der Waals surface area (Å²) in [5.41, 5.74) is 1.54. The van der Waals surface area contributed by atoms with Crippen LogP contribution in [0.2, 0.25) is 0 Å². The van der Waals surface area contributed by atoms with Gasteiger partial charge in [0, 0.05) is 18.7 Å². The van der Waals surface area contributed by atoms with Crippen molar-refractivity contribution >= 4 is 15.9 Å². The molecule has 0 bridgehead atoms. The van der Waals surface area contributed by atoms with Gasteiger partial charge >= 0.3 is 0 Å². The summed E-state index contributed by atoms with van der Waals surface area (Å²) >= 11 is 3.13. The van der Waals surface area contributed by atoms with Crippen LogP contribution in [0.4, 0.5) is 4.39 Å². The molecule has 0 saturated heterocycles. The molecule has 1 heterocycles. The molecule has 3 nitrogen and oxygen atoms in total. The lowest BCUT2D eigenvalue weighted by Gasteiger charge is -2.11. The third-order valence-corrected chi connectivity index (χ3v) is 3.37. The SMILES string of the molecule is COc1ccc(C(O)Cc2ccc(F)c(Br)c2)cn1. The van der Waals surface area contributed by atoms with E-state index in [1.165, 1.54) is 13.2 Å². The van der Waals surface area contributed by atoms with E-state index >= 15 is 0 Å². The van der Waals surface area contributed by atoms with Gasteiger partial charge < -0.3 is 9.84 Å². The fourth-order valence-corrected chi connectivity index (χ4v) is 2.14. The van der Waals surface area contributed by atoms with Gasteiger partial charge in [0.15, 0.2) is 0 Å². The van der Waals surface area contributed by atoms with Gasteiger partial charge in [-0.3, -0.25) is 0 Å². The molecular weight excluding hydrogens is 313 g/mol. The Balaban J connectivity index is 2.10. The van der Waals surface area contributed by atoms with Gasteiger partial charge in [0.2, 0.25) is 5.88 Å². The van der Waals surface area contributed by atoms with Gasteiger partial charge in [-0.05, 0) is 45.3 Å². The highest BCUT2D eigenvalue weighted by Gasteiger charge is 2.10. The molecule has 1 aromatic heterocycles. The van der Waals surface area contributed by atoms with Gasteiger partial charge in [0.1, 0.15) is 5.82 Å². The van der Waals surface area contributed by atoms with Crippen LogP contribution in [0.3, 0.4) is 0 Å². The van der Waals surface area contributed by atoms with Crippen LogP contribution in [0.25, 0.3) is 0 Å². The van der Waals surface area contributed by atoms with E-state index in [-0.39, 0.29) is 5.82 Å². The van der Waals surface area contributed by atoms with Crippen molar-refractivity contribution in [2.75, 3.05) is 7.11 Å². The molecule has 19 heavy (non-hydrogen) atoms. The summed E-state index contributed by atoms with van der Waals surface area (Å²) in [4.78, 5) is 4.04. The minimum absolute atomic E-state index is 0.315. The Morgan fingerprint density at radius 2 is 2.16 bits per heavy atom. The van der Waals surface area contributed by atoms with Gasteiger partial charge in [0.05, 0.1) is 17.7 Å². The fourth-order valence-electron chi connectivity index (χ4n) is 1.72. The minimum Gasteiger partial charge on any atom is -0.481 e. The summed E-state index contributed by atoms with van der Waals surface area (Å²) in [6.07, 6.45) is 1.28. The number of aliphatic hydroxyl groups excluding tert-OH is 1. The lowest BCUT2D eigenvalue weighted by atomic mass is 10.0. The predicted molar refractivity (Wildman–Crippen MR) is 73.6 cm³/mol. The Bertz CT molecular complexity index is 560. The van der Waals surface area contributed by atoms with E-state index < -0.39 is 6.10 Å². The number of hydrogen-bond acceptors (Lipinski definition) is 3. The lowest BCUT2D eigenvalue weighted by molar-refractivity contribution is 0.178. The zero-order valence-corrected chi connectivity index (χ0v) is 11.9. The Labute approximate surface area is 119 Å². The zero-order valence-electron chi connectivity index (χ0n) is 10.3. The Morgan fingerprint density at radius 3 is 2.74 bits per heavy atom. The first kappa shape index (κ1) is 14.0. The molecule has 1 N–H and O–H groups in total. The molecule has 1 unspecified atom stereocenters. The first-order valence-electron chi connectivity index (χ1n) is 5.72. The number of halogens is 2.